The van der Waals surface area contributed by atoms with E-state index in [1.807, 2.05) is 11.3 Å². The van der Waals surface area contributed by atoms with Crippen LogP contribution < -0.4 is 9.64 Å². The predicted molar refractivity (Wildman–Crippen MR) is 259 cm³/mol. The van der Waals surface area contributed by atoms with Crippen LogP contribution in [0.25, 0.3) is 86.6 Å². The number of nitrogens with zero attached hydrogens (tertiary/aromatic N) is 1. The van der Waals surface area contributed by atoms with Crippen LogP contribution in [0.4, 0.5) is 17.1 Å². The van der Waals surface area contributed by atoms with Crippen LogP contribution >= 0.6 is 11.3 Å². The molecule has 0 fully saturated rings. The molecule has 2 heterocycles. The van der Waals surface area contributed by atoms with Gasteiger partial charge < -0.3 is 9.64 Å². The molecule has 1 aliphatic heterocycles. The summed E-state index contributed by atoms with van der Waals surface area (Å²) in [6.45, 7) is 0. The lowest BCUT2D eigenvalue weighted by atomic mass is 9.90. The highest BCUT2D eigenvalue weighted by atomic mass is 32.1. The van der Waals surface area contributed by atoms with Crippen molar-refractivity contribution in [3.05, 3.63) is 224 Å². The molecule has 0 N–H and O–H groups in total. The molecule has 2 nitrogen and oxygen atoms in total. The Bertz CT molecular complexity index is 3420. The third-order valence-corrected chi connectivity index (χ3v) is 13.3. The summed E-state index contributed by atoms with van der Waals surface area (Å²) in [5.74, 6) is 1.66. The van der Waals surface area contributed by atoms with Crippen LogP contribution in [-0.4, -0.2) is 0 Å². The van der Waals surface area contributed by atoms with Crippen LogP contribution in [-0.2, 0) is 0 Å². The monoisotopic (exact) mass is 795 g/mol. The van der Waals surface area contributed by atoms with Crippen molar-refractivity contribution in [3.63, 3.8) is 0 Å². The molecule has 10 aromatic carbocycles. The summed E-state index contributed by atoms with van der Waals surface area (Å²) < 4.78 is 10.1. The summed E-state index contributed by atoms with van der Waals surface area (Å²) in [6, 6.07) is 81.0. The van der Waals surface area contributed by atoms with Crippen molar-refractivity contribution in [2.45, 2.75) is 0 Å². The Morgan fingerprint density at radius 3 is 1.52 bits per heavy atom. The molecular formula is C58H37NOS. The Balaban J connectivity index is 1.07. The van der Waals surface area contributed by atoms with Gasteiger partial charge in [0.05, 0.1) is 5.69 Å². The van der Waals surface area contributed by atoms with Gasteiger partial charge in [0.15, 0.2) is 5.75 Å². The minimum absolute atomic E-state index is 0.812. The third kappa shape index (κ3) is 6.01. The Labute approximate surface area is 358 Å². The number of hydrogen-bond acceptors (Lipinski definition) is 3. The molecule has 0 saturated heterocycles. The third-order valence-electron chi connectivity index (χ3n) is 12.1. The highest BCUT2D eigenvalue weighted by molar-refractivity contribution is 7.26. The molecule has 0 saturated carbocycles. The summed E-state index contributed by atoms with van der Waals surface area (Å²) in [7, 11) is 0. The standard InChI is InChI=1S/C58H37NOS/c1-3-14-38(15-4-1)39-28-32-44(33-29-39)59(45-34-30-41(31-35-45)47-22-12-25-51-48-20-9-10-27-55(48)61-58(47)51)54-26-13-24-50-53-37-43-19-8-7-18-42(43)36-52(53)49-23-11-21-46(56(49)60-57(50)54)40-16-5-2-6-17-40/h1-37H. The van der Waals surface area contributed by atoms with Crippen LogP contribution in [0.2, 0.25) is 0 Å². The molecular weight excluding hydrogens is 759 g/mol. The van der Waals surface area contributed by atoms with E-state index in [1.165, 1.54) is 53.2 Å². The Hall–Kier alpha value is -7.72. The van der Waals surface area contributed by atoms with Gasteiger partial charge >= 0.3 is 0 Å². The van der Waals surface area contributed by atoms with Crippen LogP contribution in [0.1, 0.15) is 0 Å². The quantitative estimate of drug-likeness (QED) is 0.166. The molecule has 11 aromatic rings. The SMILES string of the molecule is c1ccc(-c2ccc(N(c3ccc(-c4cccc5c4sc4ccccc45)cc3)c3cccc4c3Oc3c(-c5ccccc5)cccc3-c3cc5ccccc5cc3-4)cc2)cc1. The second-order valence-electron chi connectivity index (χ2n) is 15.6. The van der Waals surface area contributed by atoms with E-state index >= 15 is 0 Å². The number of anilines is 3. The van der Waals surface area contributed by atoms with E-state index < -0.39 is 0 Å². The fourth-order valence-corrected chi connectivity index (χ4v) is 10.4. The number of rotatable bonds is 6. The largest absolute Gasteiger partial charge is 0.453 e. The molecule has 0 spiro atoms. The first-order chi connectivity index (χ1) is 30.2. The number of fused-ring (bicyclic) bond motifs is 9. The lowest BCUT2D eigenvalue weighted by Gasteiger charge is -2.29. The van der Waals surface area contributed by atoms with Gasteiger partial charge in [0.25, 0.3) is 0 Å². The minimum atomic E-state index is 0.812. The summed E-state index contributed by atoms with van der Waals surface area (Å²) in [5, 5.41) is 5.00. The van der Waals surface area contributed by atoms with Crippen molar-refractivity contribution in [2.24, 2.45) is 0 Å². The van der Waals surface area contributed by atoms with E-state index in [0.717, 1.165) is 61.9 Å². The molecule has 0 atom stereocenters. The first-order valence-electron chi connectivity index (χ1n) is 20.7. The maximum Gasteiger partial charge on any atom is 0.159 e. The van der Waals surface area contributed by atoms with Crippen molar-refractivity contribution in [1.29, 1.82) is 0 Å². The Morgan fingerprint density at radius 1 is 0.328 bits per heavy atom. The average Bonchev–Trinajstić information content (AvgIpc) is 3.65. The number of thiophene rings is 1. The molecule has 3 heteroatoms. The minimum Gasteiger partial charge on any atom is -0.453 e. The number of ether oxygens (including phenoxy) is 1. The summed E-state index contributed by atoms with van der Waals surface area (Å²) in [6.07, 6.45) is 0. The zero-order valence-corrected chi connectivity index (χ0v) is 33.9. The molecule has 286 valence electrons. The normalized spacial score (nSPS) is 11.7. The van der Waals surface area contributed by atoms with Gasteiger partial charge in [0, 0.05) is 48.2 Å². The van der Waals surface area contributed by atoms with Crippen molar-refractivity contribution in [3.8, 4) is 67.1 Å². The first kappa shape index (κ1) is 35.2. The van der Waals surface area contributed by atoms with Crippen LogP contribution in [0.3, 0.4) is 0 Å². The van der Waals surface area contributed by atoms with Crippen molar-refractivity contribution in [2.75, 3.05) is 4.90 Å². The van der Waals surface area contributed by atoms with Crippen LogP contribution in [0.15, 0.2) is 224 Å². The van der Waals surface area contributed by atoms with Gasteiger partial charge in [0.1, 0.15) is 5.75 Å². The maximum absolute atomic E-state index is 7.48. The van der Waals surface area contributed by atoms with E-state index in [4.69, 9.17) is 4.74 Å². The summed E-state index contributed by atoms with van der Waals surface area (Å²) >= 11 is 1.87. The molecule has 0 aliphatic carbocycles. The van der Waals surface area contributed by atoms with Gasteiger partial charge in [-0.05, 0) is 98.2 Å². The van der Waals surface area contributed by atoms with Gasteiger partial charge in [-0.15, -0.1) is 11.3 Å². The van der Waals surface area contributed by atoms with E-state index in [9.17, 15) is 0 Å². The fraction of sp³-hybridized carbons (Fsp3) is 0. The molecule has 1 aromatic heterocycles. The van der Waals surface area contributed by atoms with Crippen LogP contribution in [0.5, 0.6) is 11.5 Å². The Kier molecular flexibility index (Phi) is 8.39. The predicted octanol–water partition coefficient (Wildman–Crippen LogP) is 17.1. The van der Waals surface area contributed by atoms with Crippen molar-refractivity contribution < 1.29 is 4.74 Å². The Morgan fingerprint density at radius 2 is 0.820 bits per heavy atom. The van der Waals surface area contributed by atoms with Crippen molar-refractivity contribution >= 4 is 59.3 Å². The number of para-hydroxylation sites is 2. The zero-order chi connectivity index (χ0) is 40.3. The average molecular weight is 796 g/mol. The first-order valence-corrected chi connectivity index (χ1v) is 21.6. The van der Waals surface area contributed by atoms with Gasteiger partial charge in [0.2, 0.25) is 0 Å². The van der Waals surface area contributed by atoms with Crippen molar-refractivity contribution in [1.82, 2.24) is 0 Å². The summed E-state index contributed by atoms with van der Waals surface area (Å²) in [4.78, 5) is 2.36. The van der Waals surface area contributed by atoms with Gasteiger partial charge in [-0.25, -0.2) is 0 Å². The number of benzene rings is 10. The molecule has 0 bridgehead atoms. The van der Waals surface area contributed by atoms with E-state index in [1.54, 1.807) is 0 Å². The van der Waals surface area contributed by atoms with E-state index in [2.05, 4.69) is 229 Å². The fourth-order valence-electron chi connectivity index (χ4n) is 9.14. The highest BCUT2D eigenvalue weighted by Crippen LogP contribution is 2.55. The van der Waals surface area contributed by atoms with E-state index in [0.29, 0.717) is 0 Å². The van der Waals surface area contributed by atoms with Gasteiger partial charge in [-0.2, -0.15) is 0 Å². The molecule has 0 radical (unpaired) electrons. The lowest BCUT2D eigenvalue weighted by molar-refractivity contribution is 0.490. The molecule has 61 heavy (non-hydrogen) atoms. The smallest absolute Gasteiger partial charge is 0.159 e. The lowest BCUT2D eigenvalue weighted by Crippen LogP contribution is -2.11. The summed E-state index contributed by atoms with van der Waals surface area (Å²) in [5.41, 5.74) is 14.4. The number of hydrogen-bond donors (Lipinski definition) is 0. The topological polar surface area (TPSA) is 12.5 Å². The second kappa shape index (κ2) is 14.5. The molecule has 0 unspecified atom stereocenters. The zero-order valence-electron chi connectivity index (χ0n) is 33.1. The molecule has 12 rings (SSSR count). The van der Waals surface area contributed by atoms with Crippen LogP contribution in [0, 0.1) is 0 Å². The maximum atomic E-state index is 7.48. The van der Waals surface area contributed by atoms with Gasteiger partial charge in [-0.3, -0.25) is 0 Å². The second-order valence-corrected chi connectivity index (χ2v) is 16.7. The van der Waals surface area contributed by atoms with Gasteiger partial charge in [-0.1, -0.05) is 176 Å². The molecule has 0 amide bonds. The van der Waals surface area contributed by atoms with E-state index in [-0.39, 0.29) is 0 Å². The molecule has 1 aliphatic rings. The highest BCUT2D eigenvalue weighted by Gasteiger charge is 2.29.